The average molecular weight is 264 g/mol. The Bertz CT molecular complexity index is 611. The lowest BCUT2D eigenvalue weighted by Crippen LogP contribution is -2.35. The van der Waals surface area contributed by atoms with Gasteiger partial charge >= 0.3 is 4.87 Å². The maximum atomic E-state index is 12.0. The highest BCUT2D eigenvalue weighted by Crippen LogP contribution is 2.16. The Morgan fingerprint density at radius 1 is 1.28 bits per heavy atom. The van der Waals surface area contributed by atoms with Crippen molar-refractivity contribution in [2.75, 3.05) is 13.1 Å². The highest BCUT2D eigenvalue weighted by Gasteiger charge is 2.14. The third-order valence-electron chi connectivity index (χ3n) is 2.98. The number of nitrogens with zero attached hydrogens (tertiary/aromatic N) is 2. The number of para-hydroxylation sites is 1. The minimum Gasteiger partial charge on any atom is -0.342 e. The van der Waals surface area contributed by atoms with Crippen molar-refractivity contribution in [3.8, 4) is 0 Å². The van der Waals surface area contributed by atoms with Crippen LogP contribution in [0.25, 0.3) is 10.2 Å². The number of rotatable bonds is 4. The summed E-state index contributed by atoms with van der Waals surface area (Å²) in [6.45, 7) is 5.36. The van der Waals surface area contributed by atoms with Crippen LogP contribution in [-0.4, -0.2) is 28.5 Å². The maximum Gasteiger partial charge on any atom is 0.308 e. The summed E-state index contributed by atoms with van der Waals surface area (Å²) in [5, 5.41) is 0. The summed E-state index contributed by atoms with van der Waals surface area (Å²) in [4.78, 5) is 25.6. The van der Waals surface area contributed by atoms with Gasteiger partial charge in [-0.25, -0.2) is 0 Å². The quantitative estimate of drug-likeness (QED) is 0.847. The van der Waals surface area contributed by atoms with E-state index < -0.39 is 0 Å². The standard InChI is InChI=1S/C13H16N2O2S/c1-3-14(4-2)12(16)9-15-10-7-5-6-8-11(10)18-13(15)17/h5-8H,3-4,9H2,1-2H3. The molecule has 0 bridgehead atoms. The molecular formula is C13H16N2O2S. The minimum atomic E-state index is -0.0725. The molecule has 0 saturated heterocycles. The summed E-state index contributed by atoms with van der Waals surface area (Å²) in [5.74, 6) is -0.00865. The molecule has 2 rings (SSSR count). The van der Waals surface area contributed by atoms with Gasteiger partial charge in [0.1, 0.15) is 6.54 Å². The molecule has 0 radical (unpaired) electrons. The Labute approximate surface area is 109 Å². The van der Waals surface area contributed by atoms with Crippen molar-refractivity contribution < 1.29 is 4.79 Å². The Morgan fingerprint density at radius 2 is 1.94 bits per heavy atom. The number of carbonyl (C=O) groups is 1. The maximum absolute atomic E-state index is 12.0. The summed E-state index contributed by atoms with van der Waals surface area (Å²) in [6, 6.07) is 7.56. The monoisotopic (exact) mass is 264 g/mol. The van der Waals surface area contributed by atoms with Crippen molar-refractivity contribution in [2.45, 2.75) is 20.4 Å². The predicted molar refractivity (Wildman–Crippen MR) is 74.0 cm³/mol. The van der Waals surface area contributed by atoms with Gasteiger partial charge in [0.05, 0.1) is 10.2 Å². The van der Waals surface area contributed by atoms with Crippen LogP contribution in [0.2, 0.25) is 0 Å². The van der Waals surface area contributed by atoms with Crippen molar-refractivity contribution in [2.24, 2.45) is 0 Å². The predicted octanol–water partition coefficient (Wildman–Crippen LogP) is 1.93. The summed E-state index contributed by atoms with van der Waals surface area (Å²) < 4.78 is 2.48. The number of carbonyl (C=O) groups excluding carboxylic acids is 1. The van der Waals surface area contributed by atoms with Gasteiger partial charge in [-0.2, -0.15) is 0 Å². The lowest BCUT2D eigenvalue weighted by Gasteiger charge is -2.18. The van der Waals surface area contributed by atoms with Crippen LogP contribution in [0.5, 0.6) is 0 Å². The SMILES string of the molecule is CCN(CC)C(=O)Cn1c(=O)sc2ccccc21. The van der Waals surface area contributed by atoms with Crippen molar-refractivity contribution in [1.82, 2.24) is 9.47 Å². The van der Waals surface area contributed by atoms with Crippen molar-refractivity contribution >= 4 is 27.5 Å². The zero-order valence-corrected chi connectivity index (χ0v) is 11.4. The van der Waals surface area contributed by atoms with Crippen LogP contribution in [0.3, 0.4) is 0 Å². The fraction of sp³-hybridized carbons (Fsp3) is 0.385. The van der Waals surface area contributed by atoms with Gasteiger partial charge in [-0.05, 0) is 26.0 Å². The van der Waals surface area contributed by atoms with Crippen LogP contribution in [0.1, 0.15) is 13.8 Å². The fourth-order valence-electron chi connectivity index (χ4n) is 1.98. The van der Waals surface area contributed by atoms with E-state index in [9.17, 15) is 9.59 Å². The molecule has 0 saturated carbocycles. The molecule has 96 valence electrons. The van der Waals surface area contributed by atoms with Crippen LogP contribution in [0.4, 0.5) is 0 Å². The first-order valence-corrected chi connectivity index (χ1v) is 6.85. The number of benzene rings is 1. The van der Waals surface area contributed by atoms with Crippen LogP contribution < -0.4 is 4.87 Å². The summed E-state index contributed by atoms with van der Waals surface area (Å²) >= 11 is 1.18. The van der Waals surface area contributed by atoms with E-state index in [4.69, 9.17) is 0 Å². The van der Waals surface area contributed by atoms with Gasteiger partial charge in [0.2, 0.25) is 5.91 Å². The Kier molecular flexibility index (Phi) is 3.81. The van der Waals surface area contributed by atoms with Crippen molar-refractivity contribution in [3.63, 3.8) is 0 Å². The van der Waals surface area contributed by atoms with E-state index >= 15 is 0 Å². The molecule has 2 aromatic rings. The molecule has 0 aliphatic carbocycles. The van der Waals surface area contributed by atoms with E-state index in [0.29, 0.717) is 13.1 Å². The normalized spacial score (nSPS) is 10.8. The first-order chi connectivity index (χ1) is 8.67. The summed E-state index contributed by atoms with van der Waals surface area (Å²) in [7, 11) is 0. The number of thiazole rings is 1. The van der Waals surface area contributed by atoms with Crippen LogP contribution in [0.15, 0.2) is 29.1 Å². The van der Waals surface area contributed by atoms with Crippen molar-refractivity contribution in [1.29, 1.82) is 0 Å². The molecule has 0 aliphatic heterocycles. The Morgan fingerprint density at radius 3 is 2.61 bits per heavy atom. The molecular weight excluding hydrogens is 248 g/mol. The second kappa shape index (κ2) is 5.35. The van der Waals surface area contributed by atoms with Gasteiger partial charge in [0.25, 0.3) is 0 Å². The summed E-state index contributed by atoms with van der Waals surface area (Å²) in [6.07, 6.45) is 0. The second-order valence-corrected chi connectivity index (χ2v) is 4.98. The molecule has 1 aromatic heterocycles. The van der Waals surface area contributed by atoms with Crippen molar-refractivity contribution in [3.05, 3.63) is 33.9 Å². The molecule has 5 heteroatoms. The zero-order chi connectivity index (χ0) is 13.1. The first kappa shape index (κ1) is 12.8. The Balaban J connectivity index is 2.34. The molecule has 0 atom stereocenters. The number of aromatic nitrogens is 1. The van der Waals surface area contributed by atoms with E-state index in [1.54, 1.807) is 9.47 Å². The highest BCUT2D eigenvalue weighted by atomic mass is 32.1. The lowest BCUT2D eigenvalue weighted by molar-refractivity contribution is -0.131. The van der Waals surface area contributed by atoms with Gasteiger partial charge in [-0.15, -0.1) is 0 Å². The molecule has 0 aliphatic rings. The second-order valence-electron chi connectivity index (χ2n) is 3.99. The van der Waals surface area contributed by atoms with Gasteiger partial charge < -0.3 is 4.90 Å². The molecule has 4 nitrogen and oxygen atoms in total. The van der Waals surface area contributed by atoms with Gasteiger partial charge in [-0.3, -0.25) is 14.2 Å². The fourth-order valence-corrected chi connectivity index (χ4v) is 2.87. The number of hydrogen-bond donors (Lipinski definition) is 0. The smallest absolute Gasteiger partial charge is 0.308 e. The number of hydrogen-bond acceptors (Lipinski definition) is 3. The van der Waals surface area contributed by atoms with E-state index in [1.165, 1.54) is 11.3 Å². The Hall–Kier alpha value is -1.62. The van der Waals surface area contributed by atoms with Gasteiger partial charge in [0.15, 0.2) is 0 Å². The van der Waals surface area contributed by atoms with E-state index in [-0.39, 0.29) is 17.3 Å². The largest absolute Gasteiger partial charge is 0.342 e. The van der Waals surface area contributed by atoms with Gasteiger partial charge in [0, 0.05) is 13.1 Å². The average Bonchev–Trinajstić information content (AvgIpc) is 2.68. The molecule has 1 heterocycles. The molecule has 18 heavy (non-hydrogen) atoms. The summed E-state index contributed by atoms with van der Waals surface area (Å²) in [5.41, 5.74) is 0.841. The molecule has 0 spiro atoms. The highest BCUT2D eigenvalue weighted by molar-refractivity contribution is 7.16. The zero-order valence-electron chi connectivity index (χ0n) is 10.5. The lowest BCUT2D eigenvalue weighted by atomic mass is 10.3. The van der Waals surface area contributed by atoms with E-state index in [2.05, 4.69) is 0 Å². The third kappa shape index (κ3) is 2.31. The number of fused-ring (bicyclic) bond motifs is 1. The topological polar surface area (TPSA) is 42.3 Å². The van der Waals surface area contributed by atoms with E-state index in [1.807, 2.05) is 38.1 Å². The molecule has 1 aromatic carbocycles. The first-order valence-electron chi connectivity index (χ1n) is 6.03. The number of likely N-dealkylation sites (N-methyl/N-ethyl adjacent to an activating group) is 1. The van der Waals surface area contributed by atoms with Crippen LogP contribution in [0, 0.1) is 0 Å². The van der Waals surface area contributed by atoms with Gasteiger partial charge in [-0.1, -0.05) is 23.5 Å². The third-order valence-corrected chi connectivity index (χ3v) is 3.94. The molecule has 0 unspecified atom stereocenters. The molecule has 0 N–H and O–H groups in total. The van der Waals surface area contributed by atoms with Crippen LogP contribution >= 0.6 is 11.3 Å². The minimum absolute atomic E-state index is 0.00865. The van der Waals surface area contributed by atoms with Crippen LogP contribution in [-0.2, 0) is 11.3 Å². The molecule has 1 amide bonds. The number of amides is 1. The molecule has 0 fully saturated rings. The van der Waals surface area contributed by atoms with E-state index in [0.717, 1.165) is 10.2 Å².